The van der Waals surface area contributed by atoms with E-state index >= 15 is 0 Å². The first kappa shape index (κ1) is 16.5. The molecule has 0 bridgehead atoms. The van der Waals surface area contributed by atoms with Gasteiger partial charge in [0.2, 0.25) is 0 Å². The van der Waals surface area contributed by atoms with E-state index < -0.39 is 5.97 Å². The topological polar surface area (TPSA) is 91.6 Å². The van der Waals surface area contributed by atoms with Gasteiger partial charge >= 0.3 is 5.97 Å². The third-order valence-electron chi connectivity index (χ3n) is 4.35. The summed E-state index contributed by atoms with van der Waals surface area (Å²) in [6, 6.07) is 18.1. The van der Waals surface area contributed by atoms with Gasteiger partial charge in [0.1, 0.15) is 5.65 Å². The van der Waals surface area contributed by atoms with E-state index in [1.54, 1.807) is 12.1 Å². The number of hydrogen-bond donors (Lipinski definition) is 2. The normalized spacial score (nSPS) is 10.8. The molecule has 6 heteroatoms. The van der Waals surface area contributed by atoms with E-state index in [2.05, 4.69) is 4.98 Å². The summed E-state index contributed by atoms with van der Waals surface area (Å²) in [5.74, 6) is -1.03. The Balaban J connectivity index is 2.07. The summed E-state index contributed by atoms with van der Waals surface area (Å²) in [6.45, 7) is 0. The van der Waals surface area contributed by atoms with Gasteiger partial charge in [-0.3, -0.25) is 14.0 Å². The van der Waals surface area contributed by atoms with Crippen LogP contribution in [0.2, 0.25) is 0 Å². The zero-order valence-electron chi connectivity index (χ0n) is 14.0. The molecule has 0 aliphatic rings. The lowest BCUT2D eigenvalue weighted by molar-refractivity contribution is 0.0697. The number of hydrogen-bond acceptors (Lipinski definition) is 3. The van der Waals surface area contributed by atoms with Crippen molar-refractivity contribution in [2.45, 2.75) is 0 Å². The third kappa shape index (κ3) is 2.93. The summed E-state index contributed by atoms with van der Waals surface area (Å²) in [5.41, 5.74) is 2.35. The van der Waals surface area contributed by atoms with Crippen molar-refractivity contribution in [2.75, 3.05) is 0 Å². The summed E-state index contributed by atoms with van der Waals surface area (Å²) >= 11 is 0. The van der Waals surface area contributed by atoms with Gasteiger partial charge in [-0.25, -0.2) is 4.79 Å². The Morgan fingerprint density at radius 2 is 1.59 bits per heavy atom. The Bertz CT molecular complexity index is 1270. The summed E-state index contributed by atoms with van der Waals surface area (Å²) in [6.07, 6.45) is 1.43. The Kier molecular flexibility index (Phi) is 3.93. The molecule has 2 N–H and O–H groups in total. The number of pyridine rings is 1. The number of carboxylic acid groups (broad SMARTS) is 1. The van der Waals surface area contributed by atoms with Gasteiger partial charge in [-0.05, 0) is 23.3 Å². The summed E-state index contributed by atoms with van der Waals surface area (Å²) in [5, 5.41) is 9.10. The number of fused-ring (bicyclic) bond motifs is 1. The van der Waals surface area contributed by atoms with Crippen LogP contribution in [0.15, 0.2) is 82.5 Å². The van der Waals surface area contributed by atoms with Crippen LogP contribution in [0.3, 0.4) is 0 Å². The molecular weight excluding hydrogens is 344 g/mol. The van der Waals surface area contributed by atoms with Gasteiger partial charge in [0, 0.05) is 18.3 Å². The van der Waals surface area contributed by atoms with Crippen LogP contribution < -0.4 is 11.0 Å². The number of rotatable bonds is 3. The first-order valence-corrected chi connectivity index (χ1v) is 8.22. The maximum atomic E-state index is 13.2. The van der Waals surface area contributed by atoms with Crippen molar-refractivity contribution in [3.63, 3.8) is 0 Å². The zero-order valence-corrected chi connectivity index (χ0v) is 14.0. The van der Waals surface area contributed by atoms with E-state index in [0.717, 1.165) is 5.56 Å². The molecule has 0 fully saturated rings. The molecule has 0 radical (unpaired) electrons. The smallest absolute Gasteiger partial charge is 0.335 e. The minimum absolute atomic E-state index is 0.140. The van der Waals surface area contributed by atoms with E-state index in [1.165, 1.54) is 34.9 Å². The van der Waals surface area contributed by atoms with Crippen LogP contribution >= 0.6 is 0 Å². The molecule has 0 saturated carbocycles. The van der Waals surface area contributed by atoms with Crippen LogP contribution in [0.25, 0.3) is 28.0 Å². The van der Waals surface area contributed by atoms with Crippen molar-refractivity contribution in [3.8, 4) is 22.4 Å². The SMILES string of the molecule is O=C(O)c1ccc(-c2c(-c3ccccc3)[nH]c3cc(=O)ccn3c2=O)cc1. The summed E-state index contributed by atoms with van der Waals surface area (Å²) in [7, 11) is 0. The van der Waals surface area contributed by atoms with Gasteiger partial charge in [0.15, 0.2) is 5.43 Å². The average Bonchev–Trinajstić information content (AvgIpc) is 2.68. The van der Waals surface area contributed by atoms with E-state index in [9.17, 15) is 14.4 Å². The highest BCUT2D eigenvalue weighted by Gasteiger charge is 2.16. The molecule has 2 aromatic carbocycles. The lowest BCUT2D eigenvalue weighted by atomic mass is 9.99. The minimum Gasteiger partial charge on any atom is -0.478 e. The number of aromatic amines is 1. The van der Waals surface area contributed by atoms with Crippen LogP contribution in [0.5, 0.6) is 0 Å². The second-order valence-corrected chi connectivity index (χ2v) is 6.05. The maximum Gasteiger partial charge on any atom is 0.335 e. The van der Waals surface area contributed by atoms with Crippen molar-refractivity contribution < 1.29 is 9.90 Å². The number of aromatic nitrogens is 2. The first-order valence-electron chi connectivity index (χ1n) is 8.22. The van der Waals surface area contributed by atoms with Crippen molar-refractivity contribution in [1.29, 1.82) is 0 Å². The predicted molar refractivity (Wildman–Crippen MR) is 102 cm³/mol. The average molecular weight is 358 g/mol. The zero-order chi connectivity index (χ0) is 19.0. The van der Waals surface area contributed by atoms with Gasteiger partial charge in [-0.2, -0.15) is 0 Å². The largest absolute Gasteiger partial charge is 0.478 e. The van der Waals surface area contributed by atoms with Crippen molar-refractivity contribution >= 4 is 11.6 Å². The number of carboxylic acids is 1. The van der Waals surface area contributed by atoms with Crippen LogP contribution in [0.1, 0.15) is 10.4 Å². The van der Waals surface area contributed by atoms with Crippen LogP contribution in [0, 0.1) is 0 Å². The highest BCUT2D eigenvalue weighted by Crippen LogP contribution is 2.28. The number of nitrogens with zero attached hydrogens (tertiary/aromatic N) is 1. The highest BCUT2D eigenvalue weighted by atomic mass is 16.4. The van der Waals surface area contributed by atoms with Crippen LogP contribution in [0.4, 0.5) is 0 Å². The van der Waals surface area contributed by atoms with E-state index in [4.69, 9.17) is 5.11 Å². The standard InChI is InChI=1S/C21H14N2O4/c24-16-10-11-23-17(12-16)22-19(14-4-2-1-3-5-14)18(20(23)25)13-6-8-15(9-7-13)21(26)27/h1-12,22H,(H,26,27). The number of carbonyl (C=O) groups is 1. The fraction of sp³-hybridized carbons (Fsp3) is 0. The van der Waals surface area contributed by atoms with Gasteiger partial charge < -0.3 is 10.1 Å². The molecule has 4 rings (SSSR count). The molecule has 0 saturated heterocycles. The molecule has 0 amide bonds. The molecule has 0 aliphatic carbocycles. The Morgan fingerprint density at radius 3 is 2.26 bits per heavy atom. The Morgan fingerprint density at radius 1 is 0.889 bits per heavy atom. The third-order valence-corrected chi connectivity index (χ3v) is 4.35. The van der Waals surface area contributed by atoms with Gasteiger partial charge in [-0.15, -0.1) is 0 Å². The number of aromatic carboxylic acids is 1. The lowest BCUT2D eigenvalue weighted by Crippen LogP contribution is -2.20. The second-order valence-electron chi connectivity index (χ2n) is 6.05. The van der Waals surface area contributed by atoms with E-state index in [0.29, 0.717) is 22.5 Å². The molecule has 0 spiro atoms. The molecule has 27 heavy (non-hydrogen) atoms. The lowest BCUT2D eigenvalue weighted by Gasteiger charge is -2.13. The summed E-state index contributed by atoms with van der Waals surface area (Å²) in [4.78, 5) is 39.2. The Hall–Kier alpha value is -3.93. The molecule has 6 nitrogen and oxygen atoms in total. The van der Waals surface area contributed by atoms with E-state index in [-0.39, 0.29) is 16.6 Å². The van der Waals surface area contributed by atoms with Crippen LogP contribution in [-0.4, -0.2) is 20.5 Å². The van der Waals surface area contributed by atoms with Gasteiger partial charge in [0.05, 0.1) is 16.8 Å². The number of nitrogens with one attached hydrogen (secondary N) is 1. The second kappa shape index (κ2) is 6.42. The van der Waals surface area contributed by atoms with Crippen molar-refractivity contribution in [2.24, 2.45) is 0 Å². The molecule has 0 unspecified atom stereocenters. The number of benzene rings is 2. The van der Waals surface area contributed by atoms with E-state index in [1.807, 2.05) is 30.3 Å². The number of H-pyrrole nitrogens is 1. The molecule has 4 aromatic rings. The molecule has 0 aliphatic heterocycles. The summed E-state index contributed by atoms with van der Waals surface area (Å²) < 4.78 is 1.37. The monoisotopic (exact) mass is 358 g/mol. The van der Waals surface area contributed by atoms with Crippen molar-refractivity contribution in [3.05, 3.63) is 99.1 Å². The van der Waals surface area contributed by atoms with Crippen LogP contribution in [-0.2, 0) is 0 Å². The molecule has 2 heterocycles. The highest BCUT2D eigenvalue weighted by molar-refractivity contribution is 5.89. The molecular formula is C21H14N2O4. The molecule has 0 atom stereocenters. The maximum absolute atomic E-state index is 13.2. The minimum atomic E-state index is -1.03. The quantitative estimate of drug-likeness (QED) is 0.589. The molecule has 2 aromatic heterocycles. The first-order chi connectivity index (χ1) is 13.0. The van der Waals surface area contributed by atoms with Gasteiger partial charge in [-0.1, -0.05) is 42.5 Å². The van der Waals surface area contributed by atoms with Crippen molar-refractivity contribution in [1.82, 2.24) is 9.38 Å². The van der Waals surface area contributed by atoms with Gasteiger partial charge in [0.25, 0.3) is 5.56 Å². The fourth-order valence-electron chi connectivity index (χ4n) is 3.04. The Labute approximate surface area is 153 Å². The fourth-order valence-corrected chi connectivity index (χ4v) is 3.04. The molecule has 132 valence electrons. The predicted octanol–water partition coefficient (Wildman–Crippen LogP) is 3.02.